The third-order valence-electron chi connectivity index (χ3n) is 4.08. The Bertz CT molecular complexity index is 810. The Morgan fingerprint density at radius 2 is 1.96 bits per heavy atom. The minimum absolute atomic E-state index is 0.156. The largest absolute Gasteiger partial charge is 0.573 e. The standard InChI is InChI=1S/C16H17F3N2O3.C2H4O2/c17-16(18,19)23-13-3-1-10(2-4-13)7-12-8-11(5-6-20-12)14-9-15(22)21-24-14;1-2(3)4/h1-4,9,11-12,20H,5-8H2,(H,21,22);1H3,(H,3,4)/t11-,12-;/m0./s1. The summed E-state index contributed by atoms with van der Waals surface area (Å²) in [4.78, 5) is 20.2. The molecule has 1 saturated heterocycles. The van der Waals surface area contributed by atoms with Gasteiger partial charge < -0.3 is 19.7 Å². The summed E-state index contributed by atoms with van der Waals surface area (Å²) in [5.74, 6) is -0.252. The fourth-order valence-electron chi connectivity index (χ4n) is 3.03. The van der Waals surface area contributed by atoms with Crippen LogP contribution in [0.25, 0.3) is 0 Å². The molecular weight excluding hydrogens is 381 g/mol. The molecule has 10 heteroatoms. The van der Waals surface area contributed by atoms with Gasteiger partial charge in [-0.1, -0.05) is 12.1 Å². The van der Waals surface area contributed by atoms with Crippen LogP contribution in [0.15, 0.2) is 39.6 Å². The summed E-state index contributed by atoms with van der Waals surface area (Å²) >= 11 is 0. The molecule has 1 aliphatic heterocycles. The molecule has 1 fully saturated rings. The fraction of sp³-hybridized carbons (Fsp3) is 0.444. The molecule has 3 N–H and O–H groups in total. The molecule has 0 aliphatic carbocycles. The Labute approximate surface area is 158 Å². The lowest BCUT2D eigenvalue weighted by Crippen LogP contribution is -2.38. The first-order valence-electron chi connectivity index (χ1n) is 8.58. The molecule has 28 heavy (non-hydrogen) atoms. The molecule has 0 bridgehead atoms. The van der Waals surface area contributed by atoms with Crippen molar-refractivity contribution in [3.8, 4) is 5.75 Å². The molecule has 1 aromatic heterocycles. The van der Waals surface area contributed by atoms with Crippen LogP contribution in [0.1, 0.15) is 37.0 Å². The second-order valence-corrected chi connectivity index (χ2v) is 6.40. The smallest absolute Gasteiger partial charge is 0.481 e. The molecule has 2 atom stereocenters. The van der Waals surface area contributed by atoms with Crippen molar-refractivity contribution in [2.24, 2.45) is 0 Å². The molecule has 3 rings (SSSR count). The van der Waals surface area contributed by atoms with Gasteiger partial charge in [0, 0.05) is 24.9 Å². The van der Waals surface area contributed by atoms with Gasteiger partial charge in [-0.05, 0) is 43.5 Å². The minimum atomic E-state index is -4.68. The maximum Gasteiger partial charge on any atom is 0.573 e. The van der Waals surface area contributed by atoms with Gasteiger partial charge >= 0.3 is 6.36 Å². The summed E-state index contributed by atoms with van der Waals surface area (Å²) in [7, 11) is 0. The van der Waals surface area contributed by atoms with E-state index in [4.69, 9.17) is 14.4 Å². The van der Waals surface area contributed by atoms with E-state index in [2.05, 4.69) is 15.2 Å². The zero-order valence-corrected chi connectivity index (χ0v) is 15.1. The Morgan fingerprint density at radius 1 is 1.32 bits per heavy atom. The van der Waals surface area contributed by atoms with Crippen LogP contribution in [-0.2, 0) is 11.2 Å². The van der Waals surface area contributed by atoms with E-state index < -0.39 is 12.3 Å². The number of hydrogen-bond acceptors (Lipinski definition) is 5. The second-order valence-electron chi connectivity index (χ2n) is 6.40. The van der Waals surface area contributed by atoms with Gasteiger partial charge in [0.15, 0.2) is 0 Å². The summed E-state index contributed by atoms with van der Waals surface area (Å²) in [6.45, 7) is 1.87. The van der Waals surface area contributed by atoms with E-state index in [-0.39, 0.29) is 23.3 Å². The number of carboxylic acids is 1. The number of carbonyl (C=O) groups is 1. The van der Waals surface area contributed by atoms with Gasteiger partial charge in [-0.25, -0.2) is 0 Å². The van der Waals surface area contributed by atoms with E-state index in [1.54, 1.807) is 12.1 Å². The van der Waals surface area contributed by atoms with Gasteiger partial charge in [0.25, 0.3) is 11.5 Å². The van der Waals surface area contributed by atoms with Gasteiger partial charge in [0.05, 0.1) is 0 Å². The van der Waals surface area contributed by atoms with Gasteiger partial charge in [0.1, 0.15) is 11.5 Å². The average molecular weight is 402 g/mol. The number of ether oxygens (including phenoxy) is 1. The van der Waals surface area contributed by atoms with Crippen LogP contribution in [0.2, 0.25) is 0 Å². The minimum Gasteiger partial charge on any atom is -0.481 e. The van der Waals surface area contributed by atoms with Crippen LogP contribution < -0.4 is 15.6 Å². The van der Waals surface area contributed by atoms with Crippen molar-refractivity contribution in [3.05, 3.63) is 52.0 Å². The van der Waals surface area contributed by atoms with Crippen LogP contribution in [0.3, 0.4) is 0 Å². The number of nitrogens with one attached hydrogen (secondary N) is 2. The number of carboxylic acid groups (broad SMARTS) is 1. The van der Waals surface area contributed by atoms with E-state index in [1.807, 2.05) is 0 Å². The molecule has 0 unspecified atom stereocenters. The number of aliphatic carboxylic acids is 1. The summed E-state index contributed by atoms with van der Waals surface area (Å²) < 4.78 is 45.5. The highest BCUT2D eigenvalue weighted by Crippen LogP contribution is 2.28. The van der Waals surface area contributed by atoms with Crippen LogP contribution in [-0.4, -0.2) is 35.2 Å². The van der Waals surface area contributed by atoms with Gasteiger partial charge in [-0.2, -0.15) is 5.16 Å². The van der Waals surface area contributed by atoms with Crippen molar-refractivity contribution in [3.63, 3.8) is 0 Å². The van der Waals surface area contributed by atoms with E-state index >= 15 is 0 Å². The van der Waals surface area contributed by atoms with Gasteiger partial charge in [0.2, 0.25) is 0 Å². The highest BCUT2D eigenvalue weighted by atomic mass is 19.4. The molecule has 154 valence electrons. The van der Waals surface area contributed by atoms with Crippen molar-refractivity contribution in [1.82, 2.24) is 10.5 Å². The predicted octanol–water partition coefficient (Wildman–Crippen LogP) is 3.04. The monoisotopic (exact) mass is 402 g/mol. The van der Waals surface area contributed by atoms with Gasteiger partial charge in [-0.3, -0.25) is 9.59 Å². The van der Waals surface area contributed by atoms with Gasteiger partial charge in [-0.15, -0.1) is 13.2 Å². The number of halogens is 3. The molecule has 1 aromatic carbocycles. The van der Waals surface area contributed by atoms with Crippen molar-refractivity contribution in [2.75, 3.05) is 6.54 Å². The summed E-state index contributed by atoms with van der Waals surface area (Å²) in [6, 6.07) is 7.52. The normalized spacial score (nSPS) is 19.4. The Morgan fingerprint density at radius 3 is 2.50 bits per heavy atom. The molecule has 2 heterocycles. The molecule has 2 aromatic rings. The number of benzene rings is 1. The highest BCUT2D eigenvalue weighted by Gasteiger charge is 2.31. The van der Waals surface area contributed by atoms with E-state index in [1.165, 1.54) is 18.2 Å². The number of piperidine rings is 1. The van der Waals surface area contributed by atoms with Crippen LogP contribution in [0, 0.1) is 0 Å². The van der Waals surface area contributed by atoms with Crippen molar-refractivity contribution in [2.45, 2.75) is 44.5 Å². The maximum atomic E-state index is 12.2. The van der Waals surface area contributed by atoms with Crippen molar-refractivity contribution in [1.29, 1.82) is 0 Å². The number of rotatable bonds is 4. The number of H-pyrrole nitrogens is 1. The molecule has 0 radical (unpaired) electrons. The SMILES string of the molecule is CC(=O)O.O=c1cc([C@H]2CCN[C@@H](Cc3ccc(OC(F)(F)F)cc3)C2)o[nH]1. The summed E-state index contributed by atoms with van der Waals surface area (Å²) in [5.41, 5.74) is 0.665. The topological polar surface area (TPSA) is 105 Å². The average Bonchev–Trinajstić information content (AvgIpc) is 3.02. The fourth-order valence-corrected chi connectivity index (χ4v) is 3.03. The molecule has 1 aliphatic rings. The quantitative estimate of drug-likeness (QED) is 0.726. The van der Waals surface area contributed by atoms with Crippen LogP contribution in [0.4, 0.5) is 13.2 Å². The lowest BCUT2D eigenvalue weighted by molar-refractivity contribution is -0.274. The first kappa shape index (κ1) is 21.5. The zero-order chi connectivity index (χ0) is 20.7. The van der Waals surface area contributed by atoms with Crippen molar-refractivity contribution < 1.29 is 32.3 Å². The molecular formula is C18H21F3N2O5. The van der Waals surface area contributed by atoms with E-state index in [0.29, 0.717) is 12.2 Å². The molecule has 0 amide bonds. The van der Waals surface area contributed by atoms with E-state index in [0.717, 1.165) is 31.9 Å². The Balaban J connectivity index is 0.000000640. The zero-order valence-electron chi connectivity index (χ0n) is 15.1. The third kappa shape index (κ3) is 7.47. The van der Waals surface area contributed by atoms with Crippen LogP contribution in [0.5, 0.6) is 5.75 Å². The van der Waals surface area contributed by atoms with Crippen molar-refractivity contribution >= 4 is 5.97 Å². The lowest BCUT2D eigenvalue weighted by atomic mass is 9.87. The second kappa shape index (κ2) is 9.45. The maximum absolute atomic E-state index is 12.2. The molecule has 0 spiro atoms. The molecule has 7 nitrogen and oxygen atoms in total. The summed E-state index contributed by atoms with van der Waals surface area (Å²) in [6.07, 6.45) is -2.34. The Hall–Kier alpha value is -2.75. The first-order valence-corrected chi connectivity index (χ1v) is 8.58. The Kier molecular flexibility index (Phi) is 7.27. The van der Waals surface area contributed by atoms with E-state index in [9.17, 15) is 18.0 Å². The number of hydrogen-bond donors (Lipinski definition) is 3. The molecule has 0 saturated carbocycles. The number of alkyl halides is 3. The number of aromatic amines is 1. The predicted molar refractivity (Wildman–Crippen MR) is 93.2 cm³/mol. The first-order chi connectivity index (χ1) is 13.1. The van der Waals surface area contributed by atoms with Crippen LogP contribution >= 0.6 is 0 Å². The third-order valence-corrected chi connectivity index (χ3v) is 4.08. The summed E-state index contributed by atoms with van der Waals surface area (Å²) in [5, 5.41) is 13.1. The lowest BCUT2D eigenvalue weighted by Gasteiger charge is -2.29. The highest BCUT2D eigenvalue weighted by molar-refractivity contribution is 5.62. The number of aromatic nitrogens is 1.